The van der Waals surface area contributed by atoms with E-state index in [9.17, 15) is 14.3 Å². The van der Waals surface area contributed by atoms with Gasteiger partial charge in [0.1, 0.15) is 11.9 Å². The summed E-state index contributed by atoms with van der Waals surface area (Å²) in [5, 5.41) is 16.5. The van der Waals surface area contributed by atoms with Crippen LogP contribution in [-0.4, -0.2) is 27.3 Å². The van der Waals surface area contributed by atoms with E-state index in [0.717, 1.165) is 18.9 Å². The Hall–Kier alpha value is -1.99. The van der Waals surface area contributed by atoms with E-state index in [2.05, 4.69) is 15.5 Å². The Balaban J connectivity index is 1.84. The summed E-state index contributed by atoms with van der Waals surface area (Å²) < 4.78 is 18.2. The Morgan fingerprint density at radius 1 is 1.52 bits per heavy atom. The molecule has 122 valence electrons. The molecule has 1 heterocycles. The number of hydrogen-bond donors (Lipinski definition) is 2. The van der Waals surface area contributed by atoms with Gasteiger partial charge in [-0.05, 0) is 38.0 Å². The minimum Gasteiger partial charge on any atom is -0.391 e. The molecule has 1 fully saturated rings. The fourth-order valence-electron chi connectivity index (χ4n) is 2.15. The van der Waals surface area contributed by atoms with E-state index in [1.165, 1.54) is 19.1 Å². The largest absolute Gasteiger partial charge is 0.391 e. The van der Waals surface area contributed by atoms with Crippen LogP contribution in [0.25, 0.3) is 11.4 Å². The molecule has 2 atom stereocenters. The summed E-state index contributed by atoms with van der Waals surface area (Å²) >= 11 is 5.97. The van der Waals surface area contributed by atoms with E-state index in [4.69, 9.17) is 16.1 Å². The number of aliphatic hydroxyl groups excluding tert-OH is 1. The van der Waals surface area contributed by atoms with Crippen LogP contribution in [-0.2, 0) is 4.79 Å². The van der Waals surface area contributed by atoms with Crippen LogP contribution in [0.2, 0.25) is 5.02 Å². The zero-order valence-electron chi connectivity index (χ0n) is 12.3. The number of amides is 1. The maximum absolute atomic E-state index is 13.1. The first-order valence-electron chi connectivity index (χ1n) is 7.23. The lowest BCUT2D eigenvalue weighted by Gasteiger charge is -2.17. The predicted molar refractivity (Wildman–Crippen MR) is 80.0 cm³/mol. The molecule has 23 heavy (non-hydrogen) atoms. The fraction of sp³-hybridized carbons (Fsp3) is 0.400. The molecule has 0 bridgehead atoms. The number of nitrogens with zero attached hydrogens (tertiary/aromatic N) is 2. The van der Waals surface area contributed by atoms with Gasteiger partial charge >= 0.3 is 0 Å². The second-order valence-electron chi connectivity index (χ2n) is 5.58. The molecule has 2 aromatic rings. The number of aromatic nitrogens is 2. The van der Waals surface area contributed by atoms with Crippen LogP contribution in [0.1, 0.15) is 31.7 Å². The maximum atomic E-state index is 13.1. The topological polar surface area (TPSA) is 88.2 Å². The molecule has 1 aromatic heterocycles. The van der Waals surface area contributed by atoms with Gasteiger partial charge in [0.15, 0.2) is 0 Å². The molecule has 0 radical (unpaired) electrons. The first-order chi connectivity index (χ1) is 11.0. The highest BCUT2D eigenvalue weighted by atomic mass is 35.5. The molecule has 2 N–H and O–H groups in total. The Labute approximate surface area is 136 Å². The highest BCUT2D eigenvalue weighted by Crippen LogP contribution is 2.31. The second-order valence-corrected chi connectivity index (χ2v) is 5.99. The molecule has 0 spiro atoms. The molecule has 1 saturated carbocycles. The van der Waals surface area contributed by atoms with E-state index >= 15 is 0 Å². The number of benzene rings is 1. The van der Waals surface area contributed by atoms with E-state index in [0.29, 0.717) is 5.56 Å². The van der Waals surface area contributed by atoms with Gasteiger partial charge in [0.2, 0.25) is 11.7 Å². The minimum absolute atomic E-state index is 0.00909. The Morgan fingerprint density at radius 3 is 2.87 bits per heavy atom. The summed E-state index contributed by atoms with van der Waals surface area (Å²) in [5.41, 5.74) is 0.404. The normalized spacial score (nSPS) is 16.9. The van der Waals surface area contributed by atoms with Gasteiger partial charge < -0.3 is 14.9 Å². The minimum atomic E-state index is -0.908. The molecular formula is C15H15ClFN3O3. The van der Waals surface area contributed by atoms with E-state index < -0.39 is 18.0 Å². The lowest BCUT2D eigenvalue weighted by molar-refractivity contribution is -0.124. The Kier molecular flexibility index (Phi) is 4.32. The molecule has 6 nitrogen and oxygen atoms in total. The van der Waals surface area contributed by atoms with E-state index in [1.54, 1.807) is 0 Å². The van der Waals surface area contributed by atoms with Gasteiger partial charge in [-0.25, -0.2) is 4.39 Å². The number of carbonyl (C=O) groups is 1. The van der Waals surface area contributed by atoms with Crippen molar-refractivity contribution in [2.75, 3.05) is 0 Å². The monoisotopic (exact) mass is 339 g/mol. The van der Waals surface area contributed by atoms with Crippen LogP contribution in [0.4, 0.5) is 4.39 Å². The lowest BCUT2D eigenvalue weighted by Crippen LogP contribution is -2.36. The number of carbonyl (C=O) groups excluding carboxylic acids is 1. The zero-order valence-corrected chi connectivity index (χ0v) is 13.0. The first kappa shape index (κ1) is 15.9. The van der Waals surface area contributed by atoms with Crippen LogP contribution >= 0.6 is 11.6 Å². The van der Waals surface area contributed by atoms with Crippen molar-refractivity contribution in [3.05, 3.63) is 34.9 Å². The molecule has 1 amide bonds. The van der Waals surface area contributed by atoms with Crippen LogP contribution in [0.3, 0.4) is 0 Å². The van der Waals surface area contributed by atoms with Crippen LogP contribution < -0.4 is 5.32 Å². The molecule has 0 saturated heterocycles. The lowest BCUT2D eigenvalue weighted by atomic mass is 10.1. The molecule has 8 heteroatoms. The van der Waals surface area contributed by atoms with E-state index in [1.807, 2.05) is 0 Å². The second kappa shape index (κ2) is 6.25. The molecule has 0 unspecified atom stereocenters. The van der Waals surface area contributed by atoms with Crippen molar-refractivity contribution in [1.29, 1.82) is 0 Å². The van der Waals surface area contributed by atoms with Gasteiger partial charge in [-0.15, -0.1) is 0 Å². The van der Waals surface area contributed by atoms with Crippen LogP contribution in [0, 0.1) is 11.7 Å². The van der Waals surface area contributed by atoms with Crippen molar-refractivity contribution in [2.45, 2.75) is 31.9 Å². The van der Waals surface area contributed by atoms with Gasteiger partial charge in [0, 0.05) is 11.5 Å². The van der Waals surface area contributed by atoms with Gasteiger partial charge in [0.05, 0.1) is 11.1 Å². The summed E-state index contributed by atoms with van der Waals surface area (Å²) in [6, 6.07) is 3.02. The van der Waals surface area contributed by atoms with Crippen LogP contribution in [0.15, 0.2) is 22.7 Å². The van der Waals surface area contributed by atoms with Crippen molar-refractivity contribution < 1.29 is 18.8 Å². The highest BCUT2D eigenvalue weighted by Gasteiger charge is 2.34. The molecule has 0 aliphatic heterocycles. The average molecular weight is 340 g/mol. The third-order valence-electron chi connectivity index (χ3n) is 3.61. The third kappa shape index (κ3) is 3.51. The average Bonchev–Trinajstić information content (AvgIpc) is 3.23. The summed E-state index contributed by atoms with van der Waals surface area (Å²) in [6.07, 6.45) is 0.784. The predicted octanol–water partition coefficient (Wildman–Crippen LogP) is 2.48. The summed E-state index contributed by atoms with van der Waals surface area (Å²) in [5.74, 6) is -0.387. The van der Waals surface area contributed by atoms with Crippen molar-refractivity contribution in [2.24, 2.45) is 5.92 Å². The quantitative estimate of drug-likeness (QED) is 0.873. The Bertz CT molecular complexity index is 731. The number of aliphatic hydroxyl groups is 1. The molecule has 1 aliphatic rings. The van der Waals surface area contributed by atoms with Gasteiger partial charge in [-0.3, -0.25) is 4.79 Å². The summed E-state index contributed by atoms with van der Waals surface area (Å²) in [4.78, 5) is 16.1. The SMILES string of the molecule is C[C@H](O)[C@H](NC(=O)C1CC1)c1nc(-c2ccc(F)cc2Cl)no1. The molecule has 3 rings (SSSR count). The smallest absolute Gasteiger partial charge is 0.252 e. The van der Waals surface area contributed by atoms with Crippen molar-refractivity contribution in [3.8, 4) is 11.4 Å². The van der Waals surface area contributed by atoms with E-state index in [-0.39, 0.29) is 28.6 Å². The first-order valence-corrected chi connectivity index (χ1v) is 7.61. The standard InChI is InChI=1S/C15H15ClFN3O3/c1-7(21)12(18-14(22)8-2-3-8)15-19-13(20-23-15)10-5-4-9(17)6-11(10)16/h4-8,12,21H,2-3H2,1H3,(H,18,22)/t7-,12-/m0/s1. The van der Waals surface area contributed by atoms with Crippen LogP contribution in [0.5, 0.6) is 0 Å². The van der Waals surface area contributed by atoms with Crippen molar-refractivity contribution >= 4 is 17.5 Å². The number of halogens is 2. The summed E-state index contributed by atoms with van der Waals surface area (Å²) in [6.45, 7) is 1.52. The van der Waals surface area contributed by atoms with Crippen molar-refractivity contribution in [1.82, 2.24) is 15.5 Å². The van der Waals surface area contributed by atoms with Gasteiger partial charge in [-0.1, -0.05) is 16.8 Å². The fourth-order valence-corrected chi connectivity index (χ4v) is 2.40. The zero-order chi connectivity index (χ0) is 16.6. The number of nitrogens with one attached hydrogen (secondary N) is 1. The molecular weight excluding hydrogens is 325 g/mol. The molecule has 1 aliphatic carbocycles. The van der Waals surface area contributed by atoms with Crippen molar-refractivity contribution in [3.63, 3.8) is 0 Å². The number of hydrogen-bond acceptors (Lipinski definition) is 5. The third-order valence-corrected chi connectivity index (χ3v) is 3.92. The summed E-state index contributed by atoms with van der Waals surface area (Å²) in [7, 11) is 0. The van der Waals surface area contributed by atoms with Gasteiger partial charge in [0.25, 0.3) is 5.89 Å². The number of rotatable bonds is 5. The highest BCUT2D eigenvalue weighted by molar-refractivity contribution is 6.33. The Morgan fingerprint density at radius 2 is 2.26 bits per heavy atom. The van der Waals surface area contributed by atoms with Gasteiger partial charge in [-0.2, -0.15) is 4.98 Å². The molecule has 1 aromatic carbocycles. The maximum Gasteiger partial charge on any atom is 0.252 e.